The summed E-state index contributed by atoms with van der Waals surface area (Å²) in [7, 11) is -2.80. The minimum Gasteiger partial charge on any atom is -0.457 e. The number of piperidine rings is 1. The Morgan fingerprint density at radius 3 is 1.89 bits per heavy atom. The van der Waals surface area contributed by atoms with E-state index < -0.39 is 20.5 Å². The van der Waals surface area contributed by atoms with Gasteiger partial charge in [-0.2, -0.15) is 0 Å². The summed E-state index contributed by atoms with van der Waals surface area (Å²) in [5.74, 6) is -0.736. The lowest BCUT2D eigenvalue weighted by molar-refractivity contribution is -0.164. The highest BCUT2D eigenvalue weighted by atomic mass is 28.4. The molecule has 0 N–H and O–H groups in total. The molecule has 2 heterocycles. The predicted octanol–water partition coefficient (Wildman–Crippen LogP) is 3.27. The van der Waals surface area contributed by atoms with Crippen LogP contribution in [0.4, 0.5) is 0 Å². The van der Waals surface area contributed by atoms with Gasteiger partial charge in [-0.05, 0) is 34.8 Å². The summed E-state index contributed by atoms with van der Waals surface area (Å²) in [5.41, 5.74) is 0. The largest absolute Gasteiger partial charge is 0.457 e. The van der Waals surface area contributed by atoms with Gasteiger partial charge in [0.2, 0.25) is 0 Å². The van der Waals surface area contributed by atoms with Gasteiger partial charge in [-0.3, -0.25) is 14.5 Å². The number of nitrogens with zero attached hydrogens (tertiary/aromatic N) is 1. The van der Waals surface area contributed by atoms with E-state index in [4.69, 9.17) is 13.9 Å². The minimum atomic E-state index is -2.80. The molecule has 2 saturated heterocycles. The molecule has 6 nitrogen and oxygen atoms in total. The first-order valence-corrected chi connectivity index (χ1v) is 14.4. The maximum Gasteiger partial charge on any atom is 0.303 e. The van der Waals surface area contributed by atoms with Crippen LogP contribution in [0.5, 0.6) is 0 Å². The van der Waals surface area contributed by atoms with Crippen LogP contribution in [0.1, 0.15) is 47.5 Å². The van der Waals surface area contributed by atoms with E-state index in [0.717, 1.165) is 19.4 Å². The lowest BCUT2D eigenvalue weighted by Crippen LogP contribution is -2.69. The van der Waals surface area contributed by atoms with Gasteiger partial charge in [0, 0.05) is 20.4 Å². The molecule has 7 heteroatoms. The van der Waals surface area contributed by atoms with Crippen molar-refractivity contribution in [2.45, 2.75) is 76.9 Å². The molecule has 4 atom stereocenters. The standard InChI is InChI=1S/C28H37NO5Si/c1-20(30)32-25-19-29-18-12-17-24(26(29)27(25)33-21(2)31)34-35(28(3,4)5,22-13-8-6-9-14-22)23-15-10-7-11-16-23/h6-11,13-16,24-27H,12,17-19H2,1-5H3/t24-,25+,26+,27+/m1/s1. The molecule has 0 aromatic heterocycles. The second kappa shape index (κ2) is 10.2. The highest BCUT2D eigenvalue weighted by Gasteiger charge is 2.57. The van der Waals surface area contributed by atoms with E-state index in [2.05, 4.69) is 74.2 Å². The summed E-state index contributed by atoms with van der Waals surface area (Å²) in [6, 6.07) is 21.0. The lowest BCUT2D eigenvalue weighted by Gasteiger charge is -2.48. The molecule has 188 valence electrons. The Balaban J connectivity index is 1.80. The Labute approximate surface area is 209 Å². The molecule has 4 rings (SSSR count). The van der Waals surface area contributed by atoms with Crippen molar-refractivity contribution in [3.05, 3.63) is 60.7 Å². The first kappa shape index (κ1) is 25.6. The lowest BCUT2D eigenvalue weighted by atomic mass is 9.97. The summed E-state index contributed by atoms with van der Waals surface area (Å²) in [6.45, 7) is 11.0. The fraction of sp³-hybridized carbons (Fsp3) is 0.500. The molecular weight excluding hydrogens is 458 g/mol. The second-order valence-electron chi connectivity index (χ2n) is 10.7. The van der Waals surface area contributed by atoms with Crippen molar-refractivity contribution in [3.63, 3.8) is 0 Å². The monoisotopic (exact) mass is 495 g/mol. The summed E-state index contributed by atoms with van der Waals surface area (Å²) >= 11 is 0. The highest BCUT2D eigenvalue weighted by Crippen LogP contribution is 2.41. The van der Waals surface area contributed by atoms with Crippen molar-refractivity contribution in [3.8, 4) is 0 Å². The third-order valence-corrected chi connectivity index (χ3v) is 12.3. The smallest absolute Gasteiger partial charge is 0.303 e. The molecule has 0 amide bonds. The van der Waals surface area contributed by atoms with Gasteiger partial charge in [-0.1, -0.05) is 81.4 Å². The fourth-order valence-corrected chi connectivity index (χ4v) is 10.7. The van der Waals surface area contributed by atoms with E-state index in [1.807, 2.05) is 12.1 Å². The average molecular weight is 496 g/mol. The number of carbonyl (C=O) groups excluding carboxylic acids is 2. The molecular formula is C28H37NO5Si. The van der Waals surface area contributed by atoms with Crippen molar-refractivity contribution in [1.29, 1.82) is 0 Å². The minimum absolute atomic E-state index is 0.164. The molecule has 0 spiro atoms. The van der Waals surface area contributed by atoms with Crippen LogP contribution in [-0.2, 0) is 23.5 Å². The Kier molecular flexibility index (Phi) is 7.50. The molecule has 2 aromatic carbocycles. The van der Waals surface area contributed by atoms with Gasteiger partial charge in [0.25, 0.3) is 8.32 Å². The Morgan fingerprint density at radius 2 is 1.40 bits per heavy atom. The molecule has 0 bridgehead atoms. The van der Waals surface area contributed by atoms with Crippen LogP contribution in [0.2, 0.25) is 5.04 Å². The SMILES string of the molecule is CC(=O)O[C@@H]1[C@@H]2[C@H](O[Si](c3ccccc3)(c3ccccc3)C(C)(C)C)CCCN2C[C@@H]1OC(C)=O. The summed E-state index contributed by atoms with van der Waals surface area (Å²) in [5, 5.41) is 2.27. The number of rotatable bonds is 6. The average Bonchev–Trinajstić information content (AvgIpc) is 3.14. The van der Waals surface area contributed by atoms with Crippen molar-refractivity contribution < 1.29 is 23.5 Å². The van der Waals surface area contributed by atoms with Crippen LogP contribution >= 0.6 is 0 Å². The van der Waals surface area contributed by atoms with E-state index in [9.17, 15) is 9.59 Å². The maximum absolute atomic E-state index is 12.1. The third kappa shape index (κ3) is 5.08. The van der Waals surface area contributed by atoms with Crippen LogP contribution in [-0.4, -0.2) is 62.6 Å². The Morgan fingerprint density at radius 1 is 0.857 bits per heavy atom. The Hall–Kier alpha value is -2.48. The molecule has 2 aromatic rings. The zero-order valence-corrected chi connectivity index (χ0v) is 22.4. The first-order chi connectivity index (χ1) is 16.6. The van der Waals surface area contributed by atoms with Gasteiger partial charge < -0.3 is 13.9 Å². The molecule has 2 aliphatic rings. The van der Waals surface area contributed by atoms with Crippen LogP contribution in [0.25, 0.3) is 0 Å². The predicted molar refractivity (Wildman–Crippen MR) is 138 cm³/mol. The van der Waals surface area contributed by atoms with E-state index in [1.54, 1.807) is 0 Å². The normalized spacial score (nSPS) is 25.1. The molecule has 0 saturated carbocycles. The number of fused-ring (bicyclic) bond motifs is 1. The van der Waals surface area contributed by atoms with E-state index >= 15 is 0 Å². The van der Waals surface area contributed by atoms with Crippen molar-refractivity contribution in [2.75, 3.05) is 13.1 Å². The van der Waals surface area contributed by atoms with Gasteiger partial charge in [0.05, 0.1) is 12.1 Å². The number of carbonyl (C=O) groups is 2. The van der Waals surface area contributed by atoms with Gasteiger partial charge in [0.1, 0.15) is 0 Å². The molecule has 0 unspecified atom stereocenters. The van der Waals surface area contributed by atoms with Crippen LogP contribution in [0.3, 0.4) is 0 Å². The summed E-state index contributed by atoms with van der Waals surface area (Å²) in [4.78, 5) is 26.2. The molecule has 0 radical (unpaired) electrons. The van der Waals surface area contributed by atoms with Crippen LogP contribution in [0.15, 0.2) is 60.7 Å². The van der Waals surface area contributed by atoms with Crippen molar-refractivity contribution in [2.24, 2.45) is 0 Å². The number of ether oxygens (including phenoxy) is 2. The molecule has 35 heavy (non-hydrogen) atoms. The van der Waals surface area contributed by atoms with Crippen molar-refractivity contribution >= 4 is 30.6 Å². The van der Waals surface area contributed by atoms with Gasteiger partial charge in [-0.15, -0.1) is 0 Å². The maximum atomic E-state index is 12.1. The third-order valence-electron chi connectivity index (χ3n) is 7.22. The Bertz CT molecular complexity index is 983. The zero-order valence-electron chi connectivity index (χ0n) is 21.4. The quantitative estimate of drug-likeness (QED) is 0.453. The van der Waals surface area contributed by atoms with Gasteiger partial charge >= 0.3 is 11.9 Å². The molecule has 2 fully saturated rings. The fourth-order valence-electron chi connectivity index (χ4n) is 5.94. The van der Waals surface area contributed by atoms with E-state index in [0.29, 0.717) is 6.54 Å². The highest BCUT2D eigenvalue weighted by molar-refractivity contribution is 6.99. The zero-order chi connectivity index (χ0) is 25.2. The van der Waals surface area contributed by atoms with Crippen LogP contribution in [0, 0.1) is 0 Å². The number of esters is 2. The van der Waals surface area contributed by atoms with E-state index in [1.165, 1.54) is 24.2 Å². The summed E-state index contributed by atoms with van der Waals surface area (Å²) < 4.78 is 18.9. The van der Waals surface area contributed by atoms with Crippen molar-refractivity contribution in [1.82, 2.24) is 4.90 Å². The van der Waals surface area contributed by atoms with E-state index in [-0.39, 0.29) is 29.1 Å². The topological polar surface area (TPSA) is 65.1 Å². The second-order valence-corrected chi connectivity index (χ2v) is 14.9. The summed E-state index contributed by atoms with van der Waals surface area (Å²) in [6.07, 6.45) is 0.611. The van der Waals surface area contributed by atoms with Crippen LogP contribution < -0.4 is 10.4 Å². The van der Waals surface area contributed by atoms with Gasteiger partial charge in [0.15, 0.2) is 12.2 Å². The number of benzene rings is 2. The molecule has 2 aliphatic heterocycles. The van der Waals surface area contributed by atoms with Gasteiger partial charge in [-0.25, -0.2) is 0 Å². The first-order valence-electron chi connectivity index (χ1n) is 12.5. The number of hydrogen-bond acceptors (Lipinski definition) is 6. The number of hydrogen-bond donors (Lipinski definition) is 0. The molecule has 0 aliphatic carbocycles.